The first-order chi connectivity index (χ1) is 19.6. The van der Waals surface area contributed by atoms with Crippen molar-refractivity contribution in [3.05, 3.63) is 91.1 Å². The number of carbonyl (C=O) groups is 1. The lowest BCUT2D eigenvalue weighted by molar-refractivity contribution is 0.00917. The van der Waals surface area contributed by atoms with Gasteiger partial charge in [-0.1, -0.05) is 18.2 Å². The van der Waals surface area contributed by atoms with Crippen molar-refractivity contribution < 1.29 is 28.5 Å². The number of nitrogens with zero attached hydrogens (tertiary/aromatic N) is 2. The van der Waals surface area contributed by atoms with Gasteiger partial charge in [0.2, 0.25) is 5.95 Å². The molecule has 3 heterocycles. The van der Waals surface area contributed by atoms with Gasteiger partial charge in [-0.05, 0) is 66.7 Å². The molecule has 2 N–H and O–H groups in total. The Labute approximate surface area is 231 Å². The Balaban J connectivity index is 1.02. The van der Waals surface area contributed by atoms with Gasteiger partial charge >= 0.3 is 6.09 Å². The van der Waals surface area contributed by atoms with E-state index in [9.17, 15) is 4.79 Å². The fourth-order valence-electron chi connectivity index (χ4n) is 4.72. The second-order valence-electron chi connectivity index (χ2n) is 9.35. The van der Waals surface area contributed by atoms with Crippen LogP contribution in [0, 0.1) is 0 Å². The van der Waals surface area contributed by atoms with E-state index in [4.69, 9.17) is 23.7 Å². The number of para-hydroxylation sites is 1. The van der Waals surface area contributed by atoms with Crippen LogP contribution in [0.15, 0.2) is 91.1 Å². The standard InChI is InChI=1S/C30H28N4O6/c1-36-21-11-7-19(8-12-21)24-15-16-31-29(33-24)34-25-17-37-28-26(18-38-27(25)28)40-30(35)32-20-9-13-23(14-10-20)39-22-5-3-2-4-6-22/h2-16,25-28H,17-18H2,1H3,(H,32,35)(H,31,33,34)/t25-,26+,27+,28+/m0/s1. The van der Waals surface area contributed by atoms with Gasteiger partial charge in [0.15, 0.2) is 6.10 Å². The van der Waals surface area contributed by atoms with Crippen LogP contribution in [0.2, 0.25) is 0 Å². The first kappa shape index (κ1) is 25.6. The van der Waals surface area contributed by atoms with Gasteiger partial charge in [0.05, 0.1) is 32.1 Å². The Kier molecular flexibility index (Phi) is 7.43. The monoisotopic (exact) mass is 540 g/mol. The molecular weight excluding hydrogens is 512 g/mol. The summed E-state index contributed by atoms with van der Waals surface area (Å²) in [5.74, 6) is 2.64. The summed E-state index contributed by atoms with van der Waals surface area (Å²) in [6.07, 6.45) is -0.116. The highest BCUT2D eigenvalue weighted by Crippen LogP contribution is 2.31. The lowest BCUT2D eigenvalue weighted by Gasteiger charge is -2.18. The molecule has 2 saturated heterocycles. The van der Waals surface area contributed by atoms with Gasteiger partial charge in [-0.2, -0.15) is 0 Å². The van der Waals surface area contributed by atoms with Crippen molar-refractivity contribution in [1.29, 1.82) is 0 Å². The van der Waals surface area contributed by atoms with Crippen LogP contribution in [-0.2, 0) is 14.2 Å². The van der Waals surface area contributed by atoms with Crippen LogP contribution in [0.4, 0.5) is 16.4 Å². The number of hydrogen-bond donors (Lipinski definition) is 2. The average molecular weight is 541 g/mol. The number of nitrogens with one attached hydrogen (secondary N) is 2. The predicted molar refractivity (Wildman–Crippen MR) is 148 cm³/mol. The molecule has 2 aliphatic rings. The fraction of sp³-hybridized carbons (Fsp3) is 0.233. The van der Waals surface area contributed by atoms with Gasteiger partial charge in [-0.25, -0.2) is 14.8 Å². The highest BCUT2D eigenvalue weighted by atomic mass is 16.6. The van der Waals surface area contributed by atoms with Crippen molar-refractivity contribution in [1.82, 2.24) is 9.97 Å². The molecule has 1 aromatic heterocycles. The molecule has 3 aromatic carbocycles. The average Bonchev–Trinajstić information content (AvgIpc) is 3.58. The van der Waals surface area contributed by atoms with E-state index >= 15 is 0 Å². The number of benzene rings is 3. The minimum atomic E-state index is -0.582. The third-order valence-electron chi connectivity index (χ3n) is 6.70. The van der Waals surface area contributed by atoms with Crippen LogP contribution >= 0.6 is 0 Å². The van der Waals surface area contributed by atoms with Crippen LogP contribution in [0.25, 0.3) is 11.3 Å². The van der Waals surface area contributed by atoms with Gasteiger partial charge in [0.25, 0.3) is 0 Å². The Morgan fingerprint density at radius 1 is 0.850 bits per heavy atom. The van der Waals surface area contributed by atoms with E-state index in [1.54, 1.807) is 37.6 Å². The molecule has 10 nitrogen and oxygen atoms in total. The summed E-state index contributed by atoms with van der Waals surface area (Å²) in [7, 11) is 1.63. The van der Waals surface area contributed by atoms with Gasteiger partial charge in [-0.15, -0.1) is 0 Å². The maximum Gasteiger partial charge on any atom is 0.412 e. The van der Waals surface area contributed by atoms with E-state index < -0.39 is 18.3 Å². The number of rotatable bonds is 8. The Morgan fingerprint density at radius 2 is 1.57 bits per heavy atom. The summed E-state index contributed by atoms with van der Waals surface area (Å²) in [5.41, 5.74) is 2.31. The summed E-state index contributed by atoms with van der Waals surface area (Å²) in [4.78, 5) is 21.6. The number of methoxy groups -OCH3 is 1. The highest BCUT2D eigenvalue weighted by Gasteiger charge is 2.49. The van der Waals surface area contributed by atoms with E-state index in [0.717, 1.165) is 22.8 Å². The summed E-state index contributed by atoms with van der Waals surface area (Å²) >= 11 is 0. The molecule has 2 aliphatic heterocycles. The summed E-state index contributed by atoms with van der Waals surface area (Å²) in [6, 6.07) is 25.8. The summed E-state index contributed by atoms with van der Waals surface area (Å²) < 4.78 is 28.6. The minimum Gasteiger partial charge on any atom is -0.497 e. The van der Waals surface area contributed by atoms with Crippen molar-refractivity contribution in [3.63, 3.8) is 0 Å². The van der Waals surface area contributed by atoms with Gasteiger partial charge in [-0.3, -0.25) is 5.32 Å². The maximum atomic E-state index is 12.6. The lowest BCUT2D eigenvalue weighted by atomic mass is 10.1. The van der Waals surface area contributed by atoms with Crippen LogP contribution in [0.3, 0.4) is 0 Å². The number of fused-ring (bicyclic) bond motifs is 1. The van der Waals surface area contributed by atoms with Crippen molar-refractivity contribution in [2.24, 2.45) is 0 Å². The molecule has 0 unspecified atom stereocenters. The Morgan fingerprint density at radius 3 is 2.35 bits per heavy atom. The number of anilines is 2. The summed E-state index contributed by atoms with van der Waals surface area (Å²) in [5, 5.41) is 6.06. The van der Waals surface area contributed by atoms with E-state index in [0.29, 0.717) is 24.0 Å². The Hall–Kier alpha value is -4.67. The van der Waals surface area contributed by atoms with Crippen LogP contribution < -0.4 is 20.1 Å². The second kappa shape index (κ2) is 11.6. The molecule has 40 heavy (non-hydrogen) atoms. The molecule has 10 heteroatoms. The second-order valence-corrected chi connectivity index (χ2v) is 9.35. The molecular formula is C30H28N4O6. The zero-order valence-corrected chi connectivity index (χ0v) is 21.7. The van der Waals surface area contributed by atoms with Gasteiger partial charge < -0.3 is 29.0 Å². The number of ether oxygens (including phenoxy) is 5. The van der Waals surface area contributed by atoms with E-state index in [-0.39, 0.29) is 18.8 Å². The van der Waals surface area contributed by atoms with E-state index in [1.165, 1.54) is 0 Å². The third-order valence-corrected chi connectivity index (χ3v) is 6.70. The predicted octanol–water partition coefficient (Wildman–Crippen LogP) is 5.14. The molecule has 0 aliphatic carbocycles. The quantitative estimate of drug-likeness (QED) is 0.314. The first-order valence-corrected chi connectivity index (χ1v) is 12.9. The topological polar surface area (TPSA) is 113 Å². The SMILES string of the molecule is COc1ccc(-c2ccnc(N[C@H]3CO[C@H]4[C@@H]3OC[C@H]4OC(=O)Nc3ccc(Oc4ccccc4)cc3)n2)cc1. The highest BCUT2D eigenvalue weighted by molar-refractivity contribution is 5.84. The summed E-state index contributed by atoms with van der Waals surface area (Å²) in [6.45, 7) is 0.605. The molecule has 4 atom stereocenters. The fourth-order valence-corrected chi connectivity index (χ4v) is 4.72. The normalized spacial score (nSPS) is 21.3. The number of amides is 1. The molecule has 0 bridgehead atoms. The van der Waals surface area contributed by atoms with E-state index in [2.05, 4.69) is 20.6 Å². The number of carbonyl (C=O) groups excluding carboxylic acids is 1. The van der Waals surface area contributed by atoms with Crippen molar-refractivity contribution >= 4 is 17.7 Å². The van der Waals surface area contributed by atoms with Gasteiger partial charge in [0.1, 0.15) is 29.5 Å². The number of hydrogen-bond acceptors (Lipinski definition) is 9. The molecule has 1 amide bonds. The van der Waals surface area contributed by atoms with E-state index in [1.807, 2.05) is 60.7 Å². The van der Waals surface area contributed by atoms with Crippen LogP contribution in [0.5, 0.6) is 17.2 Å². The number of aromatic nitrogens is 2. The minimum absolute atomic E-state index is 0.190. The van der Waals surface area contributed by atoms with Crippen molar-refractivity contribution in [3.8, 4) is 28.5 Å². The third kappa shape index (κ3) is 5.83. The Bertz CT molecular complexity index is 1440. The molecule has 0 spiro atoms. The lowest BCUT2D eigenvalue weighted by Crippen LogP contribution is -2.38. The zero-order chi connectivity index (χ0) is 27.3. The molecule has 204 valence electrons. The smallest absolute Gasteiger partial charge is 0.412 e. The van der Waals surface area contributed by atoms with Crippen molar-refractivity contribution in [2.45, 2.75) is 24.4 Å². The molecule has 2 fully saturated rings. The molecule has 4 aromatic rings. The largest absolute Gasteiger partial charge is 0.497 e. The maximum absolute atomic E-state index is 12.6. The molecule has 6 rings (SSSR count). The van der Waals surface area contributed by atoms with Crippen LogP contribution in [-0.4, -0.2) is 60.7 Å². The zero-order valence-electron chi connectivity index (χ0n) is 21.7. The molecule has 0 radical (unpaired) electrons. The first-order valence-electron chi connectivity index (χ1n) is 12.9. The van der Waals surface area contributed by atoms with Crippen molar-refractivity contribution in [2.75, 3.05) is 31.0 Å². The molecule has 0 saturated carbocycles. The van der Waals surface area contributed by atoms with Crippen LogP contribution in [0.1, 0.15) is 0 Å². The van der Waals surface area contributed by atoms with Gasteiger partial charge in [0, 0.05) is 17.4 Å².